The van der Waals surface area contributed by atoms with Crippen LogP contribution < -0.4 is 16.4 Å². The van der Waals surface area contributed by atoms with Gasteiger partial charge in [-0.2, -0.15) is 0 Å². The van der Waals surface area contributed by atoms with E-state index in [0.717, 1.165) is 51.5 Å². The van der Waals surface area contributed by atoms with E-state index < -0.39 is 0 Å². The highest BCUT2D eigenvalue weighted by molar-refractivity contribution is 5.87. The third-order valence-corrected chi connectivity index (χ3v) is 4.75. The van der Waals surface area contributed by atoms with Gasteiger partial charge in [-0.1, -0.05) is 19.3 Å². The predicted octanol–water partition coefficient (Wildman–Crippen LogP) is 1.07. The zero-order valence-corrected chi connectivity index (χ0v) is 12.2. The number of nitrogens with two attached hydrogens (primary N) is 1. The Morgan fingerprint density at radius 3 is 2.70 bits per heavy atom. The Morgan fingerprint density at radius 2 is 2.00 bits per heavy atom. The largest absolute Gasteiger partial charge is 0.354 e. The van der Waals surface area contributed by atoms with Gasteiger partial charge in [-0.3, -0.25) is 9.59 Å². The molecule has 20 heavy (non-hydrogen) atoms. The average molecular weight is 281 g/mol. The summed E-state index contributed by atoms with van der Waals surface area (Å²) in [6.45, 7) is 1.29. The van der Waals surface area contributed by atoms with E-state index in [4.69, 9.17) is 5.73 Å². The van der Waals surface area contributed by atoms with Crippen LogP contribution in [0.4, 0.5) is 0 Å². The standard InChI is InChI=1S/C15H27N3O2/c16-11-15(7-3-1-4-8-15)10-13(19)18-12-6-2-5-9-17-14(12)20/h12H,1-11,16H2,(H,17,20)(H,18,19). The van der Waals surface area contributed by atoms with E-state index in [0.29, 0.717) is 13.0 Å². The van der Waals surface area contributed by atoms with Gasteiger partial charge >= 0.3 is 0 Å². The lowest BCUT2D eigenvalue weighted by molar-refractivity contribution is -0.130. The van der Waals surface area contributed by atoms with Crippen molar-refractivity contribution in [2.45, 2.75) is 63.8 Å². The average Bonchev–Trinajstić information content (AvgIpc) is 2.65. The summed E-state index contributed by atoms with van der Waals surface area (Å²) in [6, 6.07) is -0.358. The van der Waals surface area contributed by atoms with Crippen molar-refractivity contribution in [3.8, 4) is 0 Å². The molecule has 5 heteroatoms. The van der Waals surface area contributed by atoms with Crippen LogP contribution in [0, 0.1) is 5.41 Å². The van der Waals surface area contributed by atoms with E-state index in [1.807, 2.05) is 0 Å². The van der Waals surface area contributed by atoms with Crippen molar-refractivity contribution in [2.75, 3.05) is 13.1 Å². The molecule has 1 saturated carbocycles. The third-order valence-electron chi connectivity index (χ3n) is 4.75. The molecule has 0 aromatic heterocycles. The summed E-state index contributed by atoms with van der Waals surface area (Å²) in [7, 11) is 0. The summed E-state index contributed by atoms with van der Waals surface area (Å²) in [5.74, 6) is -0.0549. The maximum atomic E-state index is 12.3. The fraction of sp³-hybridized carbons (Fsp3) is 0.867. The van der Waals surface area contributed by atoms with E-state index in [-0.39, 0.29) is 23.3 Å². The van der Waals surface area contributed by atoms with Gasteiger partial charge < -0.3 is 16.4 Å². The van der Waals surface area contributed by atoms with Crippen molar-refractivity contribution in [1.82, 2.24) is 10.6 Å². The zero-order chi connectivity index (χ0) is 14.4. The van der Waals surface area contributed by atoms with Gasteiger partial charge in [0.25, 0.3) is 0 Å². The van der Waals surface area contributed by atoms with E-state index in [2.05, 4.69) is 10.6 Å². The predicted molar refractivity (Wildman–Crippen MR) is 78.0 cm³/mol. The van der Waals surface area contributed by atoms with Crippen molar-refractivity contribution in [2.24, 2.45) is 11.1 Å². The van der Waals surface area contributed by atoms with Crippen LogP contribution in [-0.4, -0.2) is 30.9 Å². The summed E-state index contributed by atoms with van der Waals surface area (Å²) in [4.78, 5) is 24.1. The van der Waals surface area contributed by atoms with Gasteiger partial charge in [0.05, 0.1) is 0 Å². The number of hydrogen-bond acceptors (Lipinski definition) is 3. The second-order valence-corrected chi connectivity index (χ2v) is 6.35. The van der Waals surface area contributed by atoms with Crippen LogP contribution in [0.3, 0.4) is 0 Å². The molecule has 2 amide bonds. The van der Waals surface area contributed by atoms with Gasteiger partial charge in [-0.05, 0) is 44.1 Å². The van der Waals surface area contributed by atoms with Gasteiger partial charge in [0, 0.05) is 13.0 Å². The summed E-state index contributed by atoms with van der Waals surface area (Å²) in [5.41, 5.74) is 5.87. The number of rotatable bonds is 4. The zero-order valence-electron chi connectivity index (χ0n) is 12.2. The summed E-state index contributed by atoms with van der Waals surface area (Å²) in [6.07, 6.45) is 8.82. The Morgan fingerprint density at radius 1 is 1.25 bits per heavy atom. The molecule has 0 spiro atoms. The lowest BCUT2D eigenvalue weighted by Gasteiger charge is -2.36. The molecule has 1 aliphatic carbocycles. The van der Waals surface area contributed by atoms with Crippen molar-refractivity contribution >= 4 is 11.8 Å². The molecule has 1 heterocycles. The van der Waals surface area contributed by atoms with Crippen LogP contribution in [0.2, 0.25) is 0 Å². The summed E-state index contributed by atoms with van der Waals surface area (Å²) < 4.78 is 0. The van der Waals surface area contributed by atoms with Gasteiger partial charge in [0.1, 0.15) is 6.04 Å². The smallest absolute Gasteiger partial charge is 0.242 e. The Balaban J connectivity index is 1.88. The molecule has 0 bridgehead atoms. The van der Waals surface area contributed by atoms with E-state index in [9.17, 15) is 9.59 Å². The Labute approximate surface area is 121 Å². The second kappa shape index (κ2) is 7.07. The van der Waals surface area contributed by atoms with Crippen LogP contribution in [0.15, 0.2) is 0 Å². The number of carbonyl (C=O) groups excluding carboxylic acids is 2. The molecule has 1 aliphatic heterocycles. The number of amides is 2. The first kappa shape index (κ1) is 15.3. The summed E-state index contributed by atoms with van der Waals surface area (Å²) >= 11 is 0. The molecule has 2 aliphatic rings. The molecular formula is C15H27N3O2. The molecule has 4 N–H and O–H groups in total. The fourth-order valence-electron chi connectivity index (χ4n) is 3.42. The lowest BCUT2D eigenvalue weighted by Crippen LogP contribution is -2.47. The van der Waals surface area contributed by atoms with Crippen molar-refractivity contribution in [3.05, 3.63) is 0 Å². The normalized spacial score (nSPS) is 26.4. The van der Waals surface area contributed by atoms with Crippen LogP contribution in [-0.2, 0) is 9.59 Å². The molecular weight excluding hydrogens is 254 g/mol. The van der Waals surface area contributed by atoms with Crippen molar-refractivity contribution in [3.63, 3.8) is 0 Å². The SMILES string of the molecule is NCC1(CC(=O)NC2CCCCNC2=O)CCCCC1. The highest BCUT2D eigenvalue weighted by Gasteiger charge is 2.34. The molecule has 1 saturated heterocycles. The van der Waals surface area contributed by atoms with Crippen LogP contribution in [0.1, 0.15) is 57.8 Å². The Kier molecular flexibility index (Phi) is 5.40. The second-order valence-electron chi connectivity index (χ2n) is 6.35. The van der Waals surface area contributed by atoms with Gasteiger partial charge in [0.15, 0.2) is 0 Å². The Bertz CT molecular complexity index is 351. The van der Waals surface area contributed by atoms with Crippen molar-refractivity contribution < 1.29 is 9.59 Å². The molecule has 2 fully saturated rings. The molecule has 1 atom stereocenters. The number of nitrogens with one attached hydrogen (secondary N) is 2. The Hall–Kier alpha value is -1.10. The molecule has 5 nitrogen and oxygen atoms in total. The third kappa shape index (κ3) is 3.95. The highest BCUT2D eigenvalue weighted by Crippen LogP contribution is 2.38. The quantitative estimate of drug-likeness (QED) is 0.720. The molecule has 1 unspecified atom stereocenters. The van der Waals surface area contributed by atoms with Crippen molar-refractivity contribution in [1.29, 1.82) is 0 Å². The first-order chi connectivity index (χ1) is 9.65. The van der Waals surface area contributed by atoms with E-state index >= 15 is 0 Å². The van der Waals surface area contributed by atoms with Crippen LogP contribution in [0.5, 0.6) is 0 Å². The van der Waals surface area contributed by atoms with Crippen LogP contribution in [0.25, 0.3) is 0 Å². The molecule has 114 valence electrons. The fourth-order valence-corrected chi connectivity index (χ4v) is 3.42. The topological polar surface area (TPSA) is 84.2 Å². The van der Waals surface area contributed by atoms with E-state index in [1.165, 1.54) is 6.42 Å². The maximum Gasteiger partial charge on any atom is 0.242 e. The molecule has 2 rings (SSSR count). The molecule has 0 radical (unpaired) electrons. The van der Waals surface area contributed by atoms with Gasteiger partial charge in [0.2, 0.25) is 11.8 Å². The van der Waals surface area contributed by atoms with E-state index in [1.54, 1.807) is 0 Å². The van der Waals surface area contributed by atoms with Gasteiger partial charge in [-0.15, -0.1) is 0 Å². The first-order valence-corrected chi connectivity index (χ1v) is 7.92. The molecule has 0 aromatic carbocycles. The minimum atomic E-state index is -0.358. The number of carbonyl (C=O) groups is 2. The first-order valence-electron chi connectivity index (χ1n) is 7.92. The van der Waals surface area contributed by atoms with Gasteiger partial charge in [-0.25, -0.2) is 0 Å². The van der Waals surface area contributed by atoms with Crippen LogP contribution >= 0.6 is 0 Å². The summed E-state index contributed by atoms with van der Waals surface area (Å²) in [5, 5.41) is 5.76. The minimum Gasteiger partial charge on any atom is -0.354 e. The molecule has 0 aromatic rings. The minimum absolute atomic E-state index is 0.0144. The monoisotopic (exact) mass is 281 g/mol. The highest BCUT2D eigenvalue weighted by atomic mass is 16.2. The maximum absolute atomic E-state index is 12.3. The number of hydrogen-bond donors (Lipinski definition) is 3. The lowest BCUT2D eigenvalue weighted by atomic mass is 9.71.